The summed E-state index contributed by atoms with van der Waals surface area (Å²) in [6.07, 6.45) is -0.331. The summed E-state index contributed by atoms with van der Waals surface area (Å²) < 4.78 is 44.9. The summed E-state index contributed by atoms with van der Waals surface area (Å²) in [7, 11) is 0. The van der Waals surface area contributed by atoms with Gasteiger partial charge in [0.1, 0.15) is 5.69 Å². The molecule has 0 saturated carbocycles. The lowest BCUT2D eigenvalue weighted by molar-refractivity contribution is -0.141. The Labute approximate surface area is 170 Å². The van der Waals surface area contributed by atoms with Gasteiger partial charge >= 0.3 is 6.18 Å². The molecule has 1 atom stereocenters. The molecule has 1 saturated heterocycles. The molecule has 1 aromatic carbocycles. The zero-order valence-electron chi connectivity index (χ0n) is 15.9. The van der Waals surface area contributed by atoms with Crippen molar-refractivity contribution < 1.29 is 22.7 Å². The molecule has 6 nitrogen and oxygen atoms in total. The molecule has 156 valence electrons. The highest BCUT2D eigenvalue weighted by atomic mass is 19.4. The Morgan fingerprint density at radius 3 is 2.60 bits per heavy atom. The van der Waals surface area contributed by atoms with Crippen molar-refractivity contribution in [3.63, 3.8) is 0 Å². The maximum Gasteiger partial charge on any atom is 0.433 e. The van der Waals surface area contributed by atoms with Crippen LogP contribution in [-0.2, 0) is 17.3 Å². The number of hydrogen-bond donors (Lipinski definition) is 1. The number of morpholine rings is 1. The van der Waals surface area contributed by atoms with E-state index < -0.39 is 11.9 Å². The fourth-order valence-corrected chi connectivity index (χ4v) is 3.21. The summed E-state index contributed by atoms with van der Waals surface area (Å²) in [5.41, 5.74) is 1.65. The van der Waals surface area contributed by atoms with E-state index in [1.54, 1.807) is 0 Å². The van der Waals surface area contributed by atoms with E-state index in [0.717, 1.165) is 36.5 Å². The Hall–Kier alpha value is -3.04. The smallest absolute Gasteiger partial charge is 0.371 e. The average molecular weight is 416 g/mol. The van der Waals surface area contributed by atoms with Crippen molar-refractivity contribution in [2.75, 3.05) is 19.7 Å². The zero-order valence-corrected chi connectivity index (χ0v) is 15.9. The molecule has 4 rings (SSSR count). The number of rotatable bonds is 5. The highest BCUT2D eigenvalue weighted by molar-refractivity contribution is 5.97. The monoisotopic (exact) mass is 416 g/mol. The van der Waals surface area contributed by atoms with Gasteiger partial charge in [0.25, 0.3) is 0 Å². The van der Waals surface area contributed by atoms with Crippen LogP contribution in [-0.4, -0.2) is 40.2 Å². The molecule has 0 spiro atoms. The lowest BCUT2D eigenvalue weighted by atomic mass is 10.0. The molecule has 3 aromatic rings. The predicted molar refractivity (Wildman–Crippen MR) is 102 cm³/mol. The summed E-state index contributed by atoms with van der Waals surface area (Å²) in [5.74, 6) is -0.135. The van der Waals surface area contributed by atoms with Crippen molar-refractivity contribution in [1.29, 1.82) is 0 Å². The molecule has 1 fully saturated rings. The lowest BCUT2D eigenvalue weighted by Gasteiger charge is -2.24. The Balaban J connectivity index is 1.41. The number of hydrogen-bond acceptors (Lipinski definition) is 5. The number of nitrogens with zero attached hydrogens (tertiary/aromatic N) is 3. The number of ketones is 1. The van der Waals surface area contributed by atoms with Gasteiger partial charge in [0, 0.05) is 25.7 Å². The summed E-state index contributed by atoms with van der Waals surface area (Å²) >= 11 is 0. The standard InChI is InChI=1S/C21H19F3N4O2/c22-21(23,24)20-6-5-17(11-26-20)28-13-16(10-27-28)18(29)9-14-1-3-15(4-2-14)19-12-25-7-8-30-19/h1-6,10-11,13,19,25H,7-9,12H2/t19-/m1/s1. The molecule has 0 unspecified atom stereocenters. The van der Waals surface area contributed by atoms with Crippen LogP contribution in [0.4, 0.5) is 13.2 Å². The number of nitrogens with one attached hydrogen (secondary N) is 1. The second-order valence-electron chi connectivity index (χ2n) is 6.98. The fourth-order valence-electron chi connectivity index (χ4n) is 3.21. The molecular weight excluding hydrogens is 397 g/mol. The number of ether oxygens (including phenoxy) is 1. The van der Waals surface area contributed by atoms with Crippen LogP contribution in [0.15, 0.2) is 55.0 Å². The number of pyridine rings is 1. The summed E-state index contributed by atoms with van der Waals surface area (Å²) in [6, 6.07) is 9.85. The van der Waals surface area contributed by atoms with Crippen molar-refractivity contribution in [2.24, 2.45) is 0 Å². The van der Waals surface area contributed by atoms with Crippen molar-refractivity contribution in [3.8, 4) is 5.69 Å². The van der Waals surface area contributed by atoms with E-state index in [4.69, 9.17) is 4.74 Å². The third-order valence-electron chi connectivity index (χ3n) is 4.85. The van der Waals surface area contributed by atoms with Gasteiger partial charge in [-0.15, -0.1) is 0 Å². The largest absolute Gasteiger partial charge is 0.433 e. The first-order chi connectivity index (χ1) is 14.4. The maximum absolute atomic E-state index is 12.6. The average Bonchev–Trinajstić information content (AvgIpc) is 3.25. The van der Waals surface area contributed by atoms with Gasteiger partial charge < -0.3 is 10.1 Å². The van der Waals surface area contributed by atoms with Crippen LogP contribution >= 0.6 is 0 Å². The molecule has 2 aromatic heterocycles. The first-order valence-electron chi connectivity index (χ1n) is 9.43. The quantitative estimate of drug-likeness (QED) is 0.646. The predicted octanol–water partition coefficient (Wildman–Crippen LogP) is 3.37. The van der Waals surface area contributed by atoms with E-state index in [1.165, 1.54) is 23.1 Å². The number of benzene rings is 1. The van der Waals surface area contributed by atoms with Gasteiger partial charge in [-0.05, 0) is 23.3 Å². The first kappa shape index (κ1) is 20.2. The van der Waals surface area contributed by atoms with Gasteiger partial charge in [-0.3, -0.25) is 4.79 Å². The van der Waals surface area contributed by atoms with Crippen LogP contribution in [0.5, 0.6) is 0 Å². The molecule has 0 aliphatic carbocycles. The van der Waals surface area contributed by atoms with E-state index in [0.29, 0.717) is 17.9 Å². The van der Waals surface area contributed by atoms with Crippen LogP contribution in [0, 0.1) is 0 Å². The van der Waals surface area contributed by atoms with Crippen molar-refractivity contribution >= 4 is 5.78 Å². The highest BCUT2D eigenvalue weighted by Gasteiger charge is 2.32. The molecule has 0 amide bonds. The summed E-state index contributed by atoms with van der Waals surface area (Å²) in [4.78, 5) is 16.0. The Bertz CT molecular complexity index is 1010. The SMILES string of the molecule is O=C(Cc1ccc([C@H]2CNCCO2)cc1)c1cnn(-c2ccc(C(F)(F)F)nc2)c1. The molecule has 1 aliphatic heterocycles. The van der Waals surface area contributed by atoms with Gasteiger partial charge in [0.15, 0.2) is 5.78 Å². The summed E-state index contributed by atoms with van der Waals surface area (Å²) in [6.45, 7) is 2.28. The fraction of sp³-hybridized carbons (Fsp3) is 0.286. The van der Waals surface area contributed by atoms with Crippen molar-refractivity contribution in [3.05, 3.63) is 77.4 Å². The molecule has 0 radical (unpaired) electrons. The first-order valence-corrected chi connectivity index (χ1v) is 9.43. The maximum atomic E-state index is 12.6. The van der Waals surface area contributed by atoms with Crippen molar-refractivity contribution in [1.82, 2.24) is 20.1 Å². The van der Waals surface area contributed by atoms with Crippen LogP contribution in [0.25, 0.3) is 5.69 Å². The number of halogens is 3. The highest BCUT2D eigenvalue weighted by Crippen LogP contribution is 2.27. The Morgan fingerprint density at radius 1 is 1.17 bits per heavy atom. The van der Waals surface area contributed by atoms with E-state index in [2.05, 4.69) is 15.4 Å². The molecule has 1 aliphatic rings. The normalized spacial score (nSPS) is 17.1. The number of alkyl halides is 3. The van der Waals surface area contributed by atoms with E-state index in [9.17, 15) is 18.0 Å². The molecule has 9 heteroatoms. The van der Waals surface area contributed by atoms with Gasteiger partial charge in [0.2, 0.25) is 0 Å². The van der Waals surface area contributed by atoms with Crippen LogP contribution < -0.4 is 5.32 Å². The second-order valence-corrected chi connectivity index (χ2v) is 6.98. The topological polar surface area (TPSA) is 69.0 Å². The summed E-state index contributed by atoms with van der Waals surface area (Å²) in [5, 5.41) is 7.35. The molecule has 1 N–H and O–H groups in total. The minimum atomic E-state index is -4.50. The van der Waals surface area contributed by atoms with Crippen LogP contribution in [0.3, 0.4) is 0 Å². The minimum Gasteiger partial charge on any atom is -0.371 e. The number of carbonyl (C=O) groups excluding carboxylic acids is 1. The lowest BCUT2D eigenvalue weighted by Crippen LogP contribution is -2.33. The minimum absolute atomic E-state index is 0.0130. The number of Topliss-reactive ketones (excluding diaryl/α,β-unsaturated/α-hetero) is 1. The Kier molecular flexibility index (Phi) is 5.65. The molecular formula is C21H19F3N4O2. The molecule has 30 heavy (non-hydrogen) atoms. The number of aromatic nitrogens is 3. The van der Waals surface area contributed by atoms with Crippen molar-refractivity contribution in [2.45, 2.75) is 18.7 Å². The third-order valence-corrected chi connectivity index (χ3v) is 4.85. The van der Waals surface area contributed by atoms with E-state index in [-0.39, 0.29) is 18.3 Å². The van der Waals surface area contributed by atoms with Gasteiger partial charge in [-0.2, -0.15) is 18.3 Å². The molecule has 3 heterocycles. The second kappa shape index (κ2) is 8.37. The van der Waals surface area contributed by atoms with Gasteiger partial charge in [-0.25, -0.2) is 9.67 Å². The van der Waals surface area contributed by atoms with E-state index in [1.807, 2.05) is 24.3 Å². The van der Waals surface area contributed by atoms with Crippen LogP contribution in [0.1, 0.15) is 33.3 Å². The Morgan fingerprint density at radius 2 is 1.97 bits per heavy atom. The van der Waals surface area contributed by atoms with Gasteiger partial charge in [-0.1, -0.05) is 24.3 Å². The van der Waals surface area contributed by atoms with Gasteiger partial charge in [0.05, 0.1) is 36.4 Å². The third kappa shape index (κ3) is 4.58. The van der Waals surface area contributed by atoms with E-state index >= 15 is 0 Å². The van der Waals surface area contributed by atoms with Crippen LogP contribution in [0.2, 0.25) is 0 Å². The molecule has 0 bridgehead atoms. The zero-order chi connectivity index (χ0) is 21.1. The number of carbonyl (C=O) groups is 1.